The molecule has 0 unspecified atom stereocenters. The van der Waals surface area contributed by atoms with Crippen LogP contribution in [0.5, 0.6) is 0 Å². The smallest absolute Gasteiger partial charge is 0.337 e. The standard InChI is InChI=1S/C22H19N3O2/c1-27-22(26)17-11-9-16(10-12-17)14-23-18-5-4-6-19(13-18)25-15-24-20-7-2-3-8-21(20)25/h2-13,15,23H,14H2,1H3. The molecule has 1 heterocycles. The summed E-state index contributed by atoms with van der Waals surface area (Å²) in [6.45, 7) is 0.662. The summed E-state index contributed by atoms with van der Waals surface area (Å²) in [5.41, 5.74) is 5.75. The first-order chi connectivity index (χ1) is 13.2. The van der Waals surface area contributed by atoms with E-state index in [1.54, 1.807) is 12.1 Å². The minimum atomic E-state index is -0.324. The van der Waals surface area contributed by atoms with Gasteiger partial charge in [0.05, 0.1) is 23.7 Å². The van der Waals surface area contributed by atoms with Gasteiger partial charge in [-0.25, -0.2) is 9.78 Å². The summed E-state index contributed by atoms with van der Waals surface area (Å²) in [6, 6.07) is 23.7. The molecule has 134 valence electrons. The molecule has 1 N–H and O–H groups in total. The number of benzene rings is 3. The number of hydrogen-bond acceptors (Lipinski definition) is 4. The maximum atomic E-state index is 11.5. The van der Waals surface area contributed by atoms with Gasteiger partial charge in [-0.2, -0.15) is 0 Å². The first-order valence-corrected chi connectivity index (χ1v) is 8.68. The SMILES string of the molecule is COC(=O)c1ccc(CNc2cccc(-n3cnc4ccccc43)c2)cc1. The van der Waals surface area contributed by atoms with Crippen LogP contribution in [0.3, 0.4) is 0 Å². The molecule has 5 nitrogen and oxygen atoms in total. The fourth-order valence-corrected chi connectivity index (χ4v) is 3.01. The average molecular weight is 357 g/mol. The largest absolute Gasteiger partial charge is 0.465 e. The third-order valence-corrected chi connectivity index (χ3v) is 4.45. The number of hydrogen-bond donors (Lipinski definition) is 1. The second-order valence-corrected chi connectivity index (χ2v) is 6.20. The van der Waals surface area contributed by atoms with Crippen LogP contribution in [0.15, 0.2) is 79.1 Å². The summed E-state index contributed by atoms with van der Waals surface area (Å²) in [5, 5.41) is 3.42. The van der Waals surface area contributed by atoms with Crippen molar-refractivity contribution in [2.24, 2.45) is 0 Å². The van der Waals surface area contributed by atoms with Gasteiger partial charge in [-0.15, -0.1) is 0 Å². The van der Waals surface area contributed by atoms with E-state index in [0.29, 0.717) is 12.1 Å². The summed E-state index contributed by atoms with van der Waals surface area (Å²) in [4.78, 5) is 16.0. The molecule has 0 radical (unpaired) electrons. The number of rotatable bonds is 5. The maximum Gasteiger partial charge on any atom is 0.337 e. The van der Waals surface area contributed by atoms with Gasteiger partial charge in [-0.05, 0) is 48.0 Å². The molecular formula is C22H19N3O2. The second kappa shape index (κ2) is 7.33. The van der Waals surface area contributed by atoms with Crippen molar-refractivity contribution >= 4 is 22.7 Å². The number of carbonyl (C=O) groups is 1. The van der Waals surface area contributed by atoms with Crippen molar-refractivity contribution in [2.75, 3.05) is 12.4 Å². The van der Waals surface area contributed by atoms with Crippen molar-refractivity contribution in [3.05, 3.63) is 90.3 Å². The van der Waals surface area contributed by atoms with Gasteiger partial charge < -0.3 is 10.1 Å². The Morgan fingerprint density at radius 2 is 1.85 bits per heavy atom. The van der Waals surface area contributed by atoms with Gasteiger partial charge in [0.25, 0.3) is 0 Å². The zero-order valence-corrected chi connectivity index (χ0v) is 14.9. The lowest BCUT2D eigenvalue weighted by atomic mass is 10.1. The minimum absolute atomic E-state index is 0.324. The number of aromatic nitrogens is 2. The zero-order chi connectivity index (χ0) is 18.6. The van der Waals surface area contributed by atoms with Crippen molar-refractivity contribution in [1.82, 2.24) is 9.55 Å². The van der Waals surface area contributed by atoms with E-state index in [9.17, 15) is 4.79 Å². The van der Waals surface area contributed by atoms with Crippen LogP contribution in [-0.2, 0) is 11.3 Å². The molecule has 0 spiro atoms. The Labute approximate surface area is 157 Å². The highest BCUT2D eigenvalue weighted by Crippen LogP contribution is 2.21. The van der Waals surface area contributed by atoms with Crippen LogP contribution in [0.1, 0.15) is 15.9 Å². The van der Waals surface area contributed by atoms with Crippen molar-refractivity contribution in [1.29, 1.82) is 0 Å². The van der Waals surface area contributed by atoms with E-state index in [4.69, 9.17) is 4.74 Å². The Balaban J connectivity index is 1.51. The Hall–Kier alpha value is -3.60. The first-order valence-electron chi connectivity index (χ1n) is 8.68. The summed E-state index contributed by atoms with van der Waals surface area (Å²) in [6.07, 6.45) is 1.84. The van der Waals surface area contributed by atoms with Crippen molar-refractivity contribution < 1.29 is 9.53 Å². The molecule has 0 saturated carbocycles. The van der Waals surface area contributed by atoms with Crippen LogP contribution in [0.25, 0.3) is 16.7 Å². The fraction of sp³-hybridized carbons (Fsp3) is 0.0909. The summed E-state index contributed by atoms with van der Waals surface area (Å²) >= 11 is 0. The number of carbonyl (C=O) groups excluding carboxylic acids is 1. The highest BCUT2D eigenvalue weighted by Gasteiger charge is 2.06. The second-order valence-electron chi connectivity index (χ2n) is 6.20. The van der Waals surface area contributed by atoms with Crippen LogP contribution in [0.2, 0.25) is 0 Å². The Morgan fingerprint density at radius 3 is 2.67 bits per heavy atom. The number of ether oxygens (including phenoxy) is 1. The third-order valence-electron chi connectivity index (χ3n) is 4.45. The molecule has 0 saturated heterocycles. The average Bonchev–Trinajstić information content (AvgIpc) is 3.16. The number of nitrogens with zero attached hydrogens (tertiary/aromatic N) is 2. The predicted octanol–water partition coefficient (Wildman–Crippen LogP) is 4.42. The fourth-order valence-electron chi connectivity index (χ4n) is 3.01. The minimum Gasteiger partial charge on any atom is -0.465 e. The molecule has 0 amide bonds. The van der Waals surface area contributed by atoms with Gasteiger partial charge in [0, 0.05) is 17.9 Å². The normalized spacial score (nSPS) is 10.7. The van der Waals surface area contributed by atoms with Crippen molar-refractivity contribution in [3.63, 3.8) is 0 Å². The Morgan fingerprint density at radius 1 is 1.04 bits per heavy atom. The molecule has 3 aromatic carbocycles. The van der Waals surface area contributed by atoms with Crippen LogP contribution < -0.4 is 5.32 Å². The van der Waals surface area contributed by atoms with E-state index >= 15 is 0 Å². The van der Waals surface area contributed by atoms with Gasteiger partial charge in [0.2, 0.25) is 0 Å². The quantitative estimate of drug-likeness (QED) is 0.537. The highest BCUT2D eigenvalue weighted by atomic mass is 16.5. The summed E-state index contributed by atoms with van der Waals surface area (Å²) in [7, 11) is 1.38. The summed E-state index contributed by atoms with van der Waals surface area (Å²) in [5.74, 6) is -0.324. The van der Waals surface area contributed by atoms with Crippen LogP contribution >= 0.6 is 0 Å². The highest BCUT2D eigenvalue weighted by molar-refractivity contribution is 5.89. The maximum absolute atomic E-state index is 11.5. The molecule has 0 fully saturated rings. The molecule has 4 aromatic rings. The Kier molecular flexibility index (Phi) is 4.58. The lowest BCUT2D eigenvalue weighted by Crippen LogP contribution is -2.03. The van der Waals surface area contributed by atoms with E-state index in [1.807, 2.05) is 48.8 Å². The number of methoxy groups -OCH3 is 1. The van der Waals surface area contributed by atoms with Crippen LogP contribution in [-0.4, -0.2) is 22.6 Å². The molecule has 27 heavy (non-hydrogen) atoms. The molecule has 1 aromatic heterocycles. The van der Waals surface area contributed by atoms with Crippen molar-refractivity contribution in [2.45, 2.75) is 6.54 Å². The van der Waals surface area contributed by atoms with Gasteiger partial charge in [0.15, 0.2) is 0 Å². The number of nitrogens with one attached hydrogen (secondary N) is 1. The molecule has 0 aliphatic rings. The topological polar surface area (TPSA) is 56.1 Å². The van der Waals surface area contributed by atoms with E-state index in [0.717, 1.165) is 28.0 Å². The van der Waals surface area contributed by atoms with E-state index in [1.165, 1.54) is 7.11 Å². The molecule has 0 atom stereocenters. The number of fused-ring (bicyclic) bond motifs is 1. The molecule has 4 rings (SSSR count). The first kappa shape index (κ1) is 16.8. The summed E-state index contributed by atoms with van der Waals surface area (Å²) < 4.78 is 6.80. The van der Waals surface area contributed by atoms with Crippen molar-refractivity contribution in [3.8, 4) is 5.69 Å². The molecule has 0 aliphatic carbocycles. The van der Waals surface area contributed by atoms with Crippen LogP contribution in [0.4, 0.5) is 5.69 Å². The molecule has 5 heteroatoms. The van der Waals surface area contributed by atoms with E-state index in [-0.39, 0.29) is 5.97 Å². The van der Waals surface area contributed by atoms with E-state index in [2.05, 4.69) is 33.1 Å². The molecular weight excluding hydrogens is 338 g/mol. The number of anilines is 1. The lowest BCUT2D eigenvalue weighted by molar-refractivity contribution is 0.0600. The van der Waals surface area contributed by atoms with Gasteiger partial charge >= 0.3 is 5.97 Å². The number of esters is 1. The monoisotopic (exact) mass is 357 g/mol. The molecule has 0 bridgehead atoms. The van der Waals surface area contributed by atoms with Gasteiger partial charge in [-0.3, -0.25) is 4.57 Å². The predicted molar refractivity (Wildman–Crippen MR) is 106 cm³/mol. The van der Waals surface area contributed by atoms with E-state index < -0.39 is 0 Å². The number of para-hydroxylation sites is 2. The number of imidazole rings is 1. The van der Waals surface area contributed by atoms with Gasteiger partial charge in [0.1, 0.15) is 6.33 Å². The van der Waals surface area contributed by atoms with Crippen LogP contribution in [0, 0.1) is 0 Å². The Bertz CT molecular complexity index is 1080. The lowest BCUT2D eigenvalue weighted by Gasteiger charge is -2.10. The van der Waals surface area contributed by atoms with Gasteiger partial charge in [-0.1, -0.05) is 30.3 Å². The molecule has 0 aliphatic heterocycles. The zero-order valence-electron chi connectivity index (χ0n) is 14.9. The third kappa shape index (κ3) is 3.53.